The standard InChI is InChI=1S/C22H34O3/c1-14-4-7-20(2)16-5-8-21(3)17(6-9-22(21)24-10-11-25-22)15(16)13-19(23)18(20)12-14/h14-18H,4-13H2,1-3H3/t14-,15+,16-,17-,18+,20+,21-/m0/s1. The highest BCUT2D eigenvalue weighted by Crippen LogP contribution is 2.69. The Labute approximate surface area is 152 Å². The van der Waals surface area contributed by atoms with Crippen molar-refractivity contribution in [2.24, 2.45) is 40.4 Å². The summed E-state index contributed by atoms with van der Waals surface area (Å²) in [7, 11) is 0. The molecule has 5 aliphatic rings. The van der Waals surface area contributed by atoms with E-state index >= 15 is 0 Å². The van der Waals surface area contributed by atoms with E-state index in [0.29, 0.717) is 23.5 Å². The van der Waals surface area contributed by atoms with Crippen molar-refractivity contribution in [1.29, 1.82) is 0 Å². The fraction of sp³-hybridized carbons (Fsp3) is 0.955. The summed E-state index contributed by atoms with van der Waals surface area (Å²) in [6, 6.07) is 0. The molecule has 4 aliphatic carbocycles. The second kappa shape index (κ2) is 5.32. The molecule has 1 aliphatic heterocycles. The molecule has 7 atom stereocenters. The molecule has 0 amide bonds. The first-order valence-electron chi connectivity index (χ1n) is 10.7. The normalized spacial score (nSPS) is 54.2. The lowest BCUT2D eigenvalue weighted by Crippen LogP contribution is -2.58. The van der Waals surface area contributed by atoms with Gasteiger partial charge in [0.1, 0.15) is 5.78 Å². The Bertz CT molecular complexity index is 580. The number of fused-ring (bicyclic) bond motifs is 6. The molecule has 0 aromatic heterocycles. The molecule has 0 aromatic carbocycles. The van der Waals surface area contributed by atoms with E-state index in [9.17, 15) is 4.79 Å². The van der Waals surface area contributed by atoms with Gasteiger partial charge in [-0.2, -0.15) is 0 Å². The lowest BCUT2D eigenvalue weighted by atomic mass is 9.44. The summed E-state index contributed by atoms with van der Waals surface area (Å²) < 4.78 is 12.4. The molecule has 3 heteroatoms. The highest BCUT2D eigenvalue weighted by Gasteiger charge is 2.68. The molecule has 0 aromatic rings. The highest BCUT2D eigenvalue weighted by atomic mass is 16.7. The predicted molar refractivity (Wildman–Crippen MR) is 95.9 cm³/mol. The number of ketones is 1. The molecular weight excluding hydrogens is 312 g/mol. The molecular formula is C22H34O3. The van der Waals surface area contributed by atoms with Gasteiger partial charge in [0.2, 0.25) is 0 Å². The zero-order valence-electron chi connectivity index (χ0n) is 16.2. The summed E-state index contributed by atoms with van der Waals surface area (Å²) in [6.45, 7) is 8.70. The first kappa shape index (κ1) is 16.7. The highest BCUT2D eigenvalue weighted by molar-refractivity contribution is 5.83. The molecule has 25 heavy (non-hydrogen) atoms. The Morgan fingerprint density at radius 1 is 0.960 bits per heavy atom. The van der Waals surface area contributed by atoms with Crippen LogP contribution in [0.15, 0.2) is 0 Å². The number of hydrogen-bond acceptors (Lipinski definition) is 3. The van der Waals surface area contributed by atoms with Gasteiger partial charge in [0.15, 0.2) is 5.79 Å². The molecule has 4 saturated carbocycles. The summed E-state index contributed by atoms with van der Waals surface area (Å²) in [5.74, 6) is 3.19. The zero-order chi connectivity index (χ0) is 17.4. The number of carbonyl (C=O) groups excluding carboxylic acids is 1. The first-order valence-corrected chi connectivity index (χ1v) is 10.7. The Morgan fingerprint density at radius 2 is 1.68 bits per heavy atom. The molecule has 0 bridgehead atoms. The van der Waals surface area contributed by atoms with Crippen molar-refractivity contribution >= 4 is 5.78 Å². The van der Waals surface area contributed by atoms with Crippen LogP contribution in [0.25, 0.3) is 0 Å². The van der Waals surface area contributed by atoms with Gasteiger partial charge in [-0.05, 0) is 61.2 Å². The van der Waals surface area contributed by atoms with Crippen molar-refractivity contribution in [3.05, 3.63) is 0 Å². The van der Waals surface area contributed by atoms with Gasteiger partial charge in [-0.15, -0.1) is 0 Å². The van der Waals surface area contributed by atoms with E-state index in [1.807, 2.05) is 0 Å². The summed E-state index contributed by atoms with van der Waals surface area (Å²) in [5, 5.41) is 0. The van der Waals surface area contributed by atoms with E-state index in [4.69, 9.17) is 9.47 Å². The van der Waals surface area contributed by atoms with E-state index in [1.165, 1.54) is 32.1 Å². The van der Waals surface area contributed by atoms with Gasteiger partial charge in [-0.3, -0.25) is 4.79 Å². The third-order valence-electron chi connectivity index (χ3n) is 9.52. The number of hydrogen-bond donors (Lipinski definition) is 0. The SMILES string of the molecule is C[C@H]1CC[C@@]2(C)[C@H](C1)C(=O)C[C@@H]1[C@@H]2CC[C@@]2(C)[C@H]1CCC21OCCO1. The van der Waals surface area contributed by atoms with Crippen LogP contribution in [0.1, 0.15) is 72.1 Å². The smallest absolute Gasteiger partial charge is 0.174 e. The van der Waals surface area contributed by atoms with Crippen molar-refractivity contribution in [2.75, 3.05) is 13.2 Å². The minimum atomic E-state index is -0.343. The maximum absolute atomic E-state index is 13.2. The number of carbonyl (C=O) groups is 1. The van der Waals surface area contributed by atoms with Gasteiger partial charge in [-0.1, -0.05) is 27.2 Å². The van der Waals surface area contributed by atoms with E-state index in [2.05, 4.69) is 20.8 Å². The minimum absolute atomic E-state index is 0.107. The molecule has 5 rings (SSSR count). The van der Waals surface area contributed by atoms with Gasteiger partial charge >= 0.3 is 0 Å². The molecule has 1 heterocycles. The second-order valence-electron chi connectivity index (χ2n) is 10.4. The van der Waals surface area contributed by atoms with Crippen LogP contribution in [0.4, 0.5) is 0 Å². The van der Waals surface area contributed by atoms with E-state index in [1.54, 1.807) is 0 Å². The summed E-state index contributed by atoms with van der Waals surface area (Å²) in [4.78, 5) is 13.2. The van der Waals surface area contributed by atoms with Crippen LogP contribution in [-0.2, 0) is 14.3 Å². The fourth-order valence-electron chi connectivity index (χ4n) is 8.12. The molecule has 0 N–H and O–H groups in total. The van der Waals surface area contributed by atoms with Crippen LogP contribution in [-0.4, -0.2) is 24.8 Å². The van der Waals surface area contributed by atoms with Gasteiger partial charge in [0.05, 0.1) is 13.2 Å². The summed E-state index contributed by atoms with van der Waals surface area (Å²) in [5.41, 5.74) is 0.358. The third kappa shape index (κ3) is 2.03. The van der Waals surface area contributed by atoms with Crippen molar-refractivity contribution in [3.63, 3.8) is 0 Å². The van der Waals surface area contributed by atoms with Gasteiger partial charge in [-0.25, -0.2) is 0 Å². The fourth-order valence-corrected chi connectivity index (χ4v) is 8.12. The maximum Gasteiger partial charge on any atom is 0.174 e. The third-order valence-corrected chi connectivity index (χ3v) is 9.52. The first-order chi connectivity index (χ1) is 11.9. The Kier molecular flexibility index (Phi) is 3.56. The van der Waals surface area contributed by atoms with Gasteiger partial charge in [0, 0.05) is 24.2 Å². The molecule has 5 fully saturated rings. The van der Waals surface area contributed by atoms with Crippen molar-refractivity contribution in [2.45, 2.75) is 77.9 Å². The van der Waals surface area contributed by atoms with E-state index in [-0.39, 0.29) is 16.6 Å². The Morgan fingerprint density at radius 3 is 2.44 bits per heavy atom. The predicted octanol–water partition coefficient (Wildman–Crippen LogP) is 4.59. The largest absolute Gasteiger partial charge is 0.347 e. The second-order valence-corrected chi connectivity index (χ2v) is 10.4. The van der Waals surface area contributed by atoms with Crippen LogP contribution in [0.2, 0.25) is 0 Å². The van der Waals surface area contributed by atoms with Gasteiger partial charge < -0.3 is 9.47 Å². The minimum Gasteiger partial charge on any atom is -0.347 e. The zero-order valence-corrected chi connectivity index (χ0v) is 16.2. The average molecular weight is 347 g/mol. The number of ether oxygens (including phenoxy) is 2. The molecule has 0 unspecified atom stereocenters. The lowest BCUT2D eigenvalue weighted by molar-refractivity contribution is -0.246. The number of rotatable bonds is 0. The molecule has 1 spiro atoms. The quantitative estimate of drug-likeness (QED) is 0.644. The van der Waals surface area contributed by atoms with Crippen molar-refractivity contribution in [1.82, 2.24) is 0 Å². The Balaban J connectivity index is 1.49. The Hall–Kier alpha value is -0.410. The lowest BCUT2D eigenvalue weighted by Gasteiger charge is -2.60. The van der Waals surface area contributed by atoms with E-state index < -0.39 is 0 Å². The maximum atomic E-state index is 13.2. The average Bonchev–Trinajstić information content (AvgIpc) is 3.17. The van der Waals surface area contributed by atoms with Crippen LogP contribution in [0, 0.1) is 40.4 Å². The summed E-state index contributed by atoms with van der Waals surface area (Å²) >= 11 is 0. The molecule has 3 nitrogen and oxygen atoms in total. The molecule has 140 valence electrons. The summed E-state index contributed by atoms with van der Waals surface area (Å²) in [6.07, 6.45) is 9.22. The molecule has 0 radical (unpaired) electrons. The van der Waals surface area contributed by atoms with Crippen LogP contribution in [0.5, 0.6) is 0 Å². The van der Waals surface area contributed by atoms with E-state index in [0.717, 1.165) is 44.3 Å². The monoisotopic (exact) mass is 346 g/mol. The van der Waals surface area contributed by atoms with Crippen LogP contribution >= 0.6 is 0 Å². The molecule has 1 saturated heterocycles. The topological polar surface area (TPSA) is 35.5 Å². The number of Topliss-reactive ketones (excluding diaryl/α,β-unsaturated/α-hetero) is 1. The van der Waals surface area contributed by atoms with Crippen molar-refractivity contribution in [3.8, 4) is 0 Å². The van der Waals surface area contributed by atoms with Crippen LogP contribution < -0.4 is 0 Å². The van der Waals surface area contributed by atoms with Crippen molar-refractivity contribution < 1.29 is 14.3 Å². The van der Waals surface area contributed by atoms with Crippen LogP contribution in [0.3, 0.4) is 0 Å². The van der Waals surface area contributed by atoms with Gasteiger partial charge in [0.25, 0.3) is 0 Å².